The molecular weight excluding hydrogens is 454 g/mol. The lowest BCUT2D eigenvalue weighted by Gasteiger charge is -2.21. The topological polar surface area (TPSA) is 79.6 Å². The van der Waals surface area contributed by atoms with Gasteiger partial charge in [-0.05, 0) is 51.3 Å². The van der Waals surface area contributed by atoms with E-state index in [0.29, 0.717) is 17.7 Å². The molecule has 0 aliphatic carbocycles. The number of halogens is 3. The number of benzene rings is 2. The molecule has 11 heteroatoms. The summed E-state index contributed by atoms with van der Waals surface area (Å²) in [6, 6.07) is 8.41. The van der Waals surface area contributed by atoms with E-state index in [1.807, 2.05) is 19.0 Å². The number of nitro groups is 1. The molecule has 0 fully saturated rings. The Bertz CT molecular complexity index is 1080. The first-order valence-corrected chi connectivity index (χ1v) is 9.93. The molecule has 1 aromatic heterocycles. The van der Waals surface area contributed by atoms with Crippen LogP contribution in [0.2, 0.25) is 5.02 Å². The summed E-state index contributed by atoms with van der Waals surface area (Å²) in [4.78, 5) is 31.7. The normalized spacial score (nSPS) is 10.8. The van der Waals surface area contributed by atoms with E-state index in [1.165, 1.54) is 29.2 Å². The van der Waals surface area contributed by atoms with Crippen LogP contribution in [0, 0.1) is 15.9 Å². The van der Waals surface area contributed by atoms with Crippen molar-refractivity contribution < 1.29 is 14.1 Å². The first-order valence-electron chi connectivity index (χ1n) is 8.73. The lowest BCUT2D eigenvalue weighted by Crippen LogP contribution is -2.33. The van der Waals surface area contributed by atoms with E-state index in [-0.39, 0.29) is 45.9 Å². The second-order valence-electron chi connectivity index (χ2n) is 6.62. The number of thiazole rings is 1. The third kappa shape index (κ3) is 5.23. The molecule has 0 saturated heterocycles. The minimum absolute atomic E-state index is 0. The molecule has 0 aliphatic rings. The Morgan fingerprint density at radius 3 is 2.63 bits per heavy atom. The van der Waals surface area contributed by atoms with Crippen LogP contribution >= 0.6 is 35.3 Å². The molecule has 0 unspecified atom stereocenters. The molecule has 3 rings (SSSR count). The number of fused-ring (bicyclic) bond motifs is 1. The maximum atomic E-state index is 14.1. The third-order valence-corrected chi connectivity index (χ3v) is 5.49. The van der Waals surface area contributed by atoms with E-state index in [4.69, 9.17) is 11.6 Å². The summed E-state index contributed by atoms with van der Waals surface area (Å²) in [6.45, 7) is 0.961. The molecule has 30 heavy (non-hydrogen) atoms. The predicted molar refractivity (Wildman–Crippen MR) is 120 cm³/mol. The number of hydrogen-bond donors (Lipinski definition) is 0. The SMILES string of the molecule is CN(C)CCCN(C(=O)c1cc(Cl)ccc1[N+](=O)[O-])c1nc2c(F)cccc2s1.Cl. The molecule has 0 aliphatic heterocycles. The number of nitrogens with zero attached hydrogens (tertiary/aromatic N) is 4. The van der Waals surface area contributed by atoms with E-state index in [1.54, 1.807) is 12.1 Å². The summed E-state index contributed by atoms with van der Waals surface area (Å²) < 4.78 is 14.7. The molecule has 1 heterocycles. The van der Waals surface area contributed by atoms with Crippen molar-refractivity contribution in [1.82, 2.24) is 9.88 Å². The lowest BCUT2D eigenvalue weighted by atomic mass is 10.1. The van der Waals surface area contributed by atoms with Gasteiger partial charge in [0.25, 0.3) is 11.6 Å². The van der Waals surface area contributed by atoms with E-state index >= 15 is 0 Å². The number of rotatable bonds is 7. The van der Waals surface area contributed by atoms with Crippen LogP contribution in [0.3, 0.4) is 0 Å². The monoisotopic (exact) mass is 472 g/mol. The van der Waals surface area contributed by atoms with Gasteiger partial charge in [0.05, 0.1) is 9.62 Å². The van der Waals surface area contributed by atoms with Crippen molar-refractivity contribution >= 4 is 62.3 Å². The zero-order chi connectivity index (χ0) is 21.1. The quantitative estimate of drug-likeness (QED) is 0.356. The van der Waals surface area contributed by atoms with E-state index in [9.17, 15) is 19.3 Å². The van der Waals surface area contributed by atoms with E-state index in [0.717, 1.165) is 11.3 Å². The van der Waals surface area contributed by atoms with Gasteiger partial charge < -0.3 is 4.90 Å². The van der Waals surface area contributed by atoms with Crippen LogP contribution in [0.5, 0.6) is 0 Å². The van der Waals surface area contributed by atoms with Crippen LogP contribution in [0.1, 0.15) is 16.8 Å². The number of para-hydroxylation sites is 1. The summed E-state index contributed by atoms with van der Waals surface area (Å²) in [5.74, 6) is -1.09. The van der Waals surface area contributed by atoms with Gasteiger partial charge in [0.15, 0.2) is 5.13 Å². The van der Waals surface area contributed by atoms with Gasteiger partial charge in [-0.15, -0.1) is 12.4 Å². The van der Waals surface area contributed by atoms with Crippen LogP contribution in [0.25, 0.3) is 10.2 Å². The number of carbonyl (C=O) groups excluding carboxylic acids is 1. The first kappa shape index (κ1) is 23.9. The standard InChI is InChI=1S/C19H18ClFN4O3S.ClH/c1-23(2)9-4-10-24(19-22-17-14(21)5-3-6-16(17)29-19)18(26)13-11-12(20)7-8-15(13)25(27)28;/h3,5-8,11H,4,9-10H2,1-2H3;1H. The molecule has 2 aromatic carbocycles. The molecule has 0 saturated carbocycles. The average molecular weight is 473 g/mol. The number of nitro benzene ring substituents is 1. The number of hydrogen-bond acceptors (Lipinski definition) is 6. The molecule has 0 N–H and O–H groups in total. The fraction of sp³-hybridized carbons (Fsp3) is 0.263. The molecule has 0 bridgehead atoms. The fourth-order valence-corrected chi connectivity index (χ4v) is 4.01. The molecule has 3 aromatic rings. The summed E-state index contributed by atoms with van der Waals surface area (Å²) in [7, 11) is 3.81. The van der Waals surface area contributed by atoms with Crippen molar-refractivity contribution in [3.05, 3.63) is 62.9 Å². The Labute approximate surface area is 187 Å². The van der Waals surface area contributed by atoms with Gasteiger partial charge in [-0.3, -0.25) is 19.8 Å². The van der Waals surface area contributed by atoms with Gasteiger partial charge >= 0.3 is 0 Å². The summed E-state index contributed by atoms with van der Waals surface area (Å²) in [6.07, 6.45) is 0.603. The predicted octanol–water partition coefficient (Wildman–Crippen LogP) is 5.02. The smallest absolute Gasteiger partial charge is 0.282 e. The Hall–Kier alpha value is -2.33. The molecule has 7 nitrogen and oxygen atoms in total. The average Bonchev–Trinajstić information content (AvgIpc) is 3.09. The zero-order valence-electron chi connectivity index (χ0n) is 16.2. The maximum absolute atomic E-state index is 14.1. The van der Waals surface area contributed by atoms with Gasteiger partial charge in [0.2, 0.25) is 0 Å². The molecular formula is C19H19Cl2FN4O3S. The Morgan fingerprint density at radius 1 is 1.27 bits per heavy atom. The molecule has 0 spiro atoms. The van der Waals surface area contributed by atoms with Gasteiger partial charge in [0.1, 0.15) is 16.9 Å². The van der Waals surface area contributed by atoms with Crippen LogP contribution in [-0.4, -0.2) is 47.9 Å². The summed E-state index contributed by atoms with van der Waals surface area (Å²) >= 11 is 7.14. The van der Waals surface area contributed by atoms with Crippen LogP contribution in [0.4, 0.5) is 15.2 Å². The van der Waals surface area contributed by atoms with Crippen LogP contribution in [-0.2, 0) is 0 Å². The Morgan fingerprint density at radius 2 is 2.00 bits per heavy atom. The van der Waals surface area contributed by atoms with Crippen molar-refractivity contribution in [3.63, 3.8) is 0 Å². The number of aromatic nitrogens is 1. The van der Waals surface area contributed by atoms with E-state index < -0.39 is 16.6 Å². The summed E-state index contributed by atoms with van der Waals surface area (Å²) in [5, 5.41) is 11.9. The number of amides is 1. The fourth-order valence-electron chi connectivity index (χ4n) is 2.83. The van der Waals surface area contributed by atoms with Gasteiger partial charge in [-0.1, -0.05) is 29.0 Å². The molecule has 1 amide bonds. The highest BCUT2D eigenvalue weighted by atomic mass is 35.5. The zero-order valence-corrected chi connectivity index (χ0v) is 18.6. The Balaban J connectivity index is 0.00000320. The minimum Gasteiger partial charge on any atom is -0.309 e. The lowest BCUT2D eigenvalue weighted by molar-refractivity contribution is -0.385. The van der Waals surface area contributed by atoms with E-state index in [2.05, 4.69) is 4.98 Å². The molecule has 0 radical (unpaired) electrons. The number of carbonyl (C=O) groups is 1. The van der Waals surface area contributed by atoms with Crippen LogP contribution in [0.15, 0.2) is 36.4 Å². The first-order chi connectivity index (χ1) is 13.8. The van der Waals surface area contributed by atoms with Gasteiger partial charge in [0, 0.05) is 17.6 Å². The largest absolute Gasteiger partial charge is 0.309 e. The molecule has 160 valence electrons. The maximum Gasteiger partial charge on any atom is 0.282 e. The highest BCUT2D eigenvalue weighted by molar-refractivity contribution is 7.22. The van der Waals surface area contributed by atoms with Crippen molar-refractivity contribution in [2.45, 2.75) is 6.42 Å². The molecule has 0 atom stereocenters. The van der Waals surface area contributed by atoms with Crippen molar-refractivity contribution in [1.29, 1.82) is 0 Å². The van der Waals surface area contributed by atoms with Crippen LogP contribution < -0.4 is 4.90 Å². The van der Waals surface area contributed by atoms with Gasteiger partial charge in [-0.2, -0.15) is 0 Å². The van der Waals surface area contributed by atoms with Crippen molar-refractivity contribution in [2.24, 2.45) is 0 Å². The second kappa shape index (κ2) is 10.1. The minimum atomic E-state index is -0.625. The second-order valence-corrected chi connectivity index (χ2v) is 8.06. The van der Waals surface area contributed by atoms with Crippen molar-refractivity contribution in [2.75, 3.05) is 32.1 Å². The highest BCUT2D eigenvalue weighted by Gasteiger charge is 2.28. The number of anilines is 1. The third-order valence-electron chi connectivity index (χ3n) is 4.21. The van der Waals surface area contributed by atoms with Gasteiger partial charge in [-0.25, -0.2) is 9.37 Å². The highest BCUT2D eigenvalue weighted by Crippen LogP contribution is 2.33. The Kier molecular flexibility index (Phi) is 8.08. The summed E-state index contributed by atoms with van der Waals surface area (Å²) in [5.41, 5.74) is -0.310. The van der Waals surface area contributed by atoms with Crippen molar-refractivity contribution in [3.8, 4) is 0 Å².